The monoisotopic (exact) mass is 219 g/mol. The largest absolute Gasteiger partial charge is 0.369 e. The smallest absolute Gasteiger partial charge is 0.222 e. The number of nitrogen functional groups attached to an aromatic ring is 1. The first-order chi connectivity index (χ1) is 7.83. The van der Waals surface area contributed by atoms with Crippen molar-refractivity contribution in [2.75, 3.05) is 24.1 Å². The molecule has 2 heterocycles. The zero-order valence-electron chi connectivity index (χ0n) is 9.29. The average Bonchev–Trinajstić information content (AvgIpc) is 3.09. The van der Waals surface area contributed by atoms with Crippen LogP contribution in [-0.4, -0.2) is 23.1 Å². The fraction of sp³-hybridized carbons (Fsp3) is 0.636. The second-order valence-corrected chi connectivity index (χ2v) is 4.61. The lowest BCUT2D eigenvalue weighted by atomic mass is 10.1. The van der Waals surface area contributed by atoms with Gasteiger partial charge >= 0.3 is 0 Å². The first kappa shape index (κ1) is 9.84. The molecule has 0 aromatic carbocycles. The molecule has 1 saturated carbocycles. The zero-order chi connectivity index (χ0) is 11.0. The van der Waals surface area contributed by atoms with E-state index in [0.29, 0.717) is 5.95 Å². The number of hydrogen-bond donors (Lipinski definition) is 3. The van der Waals surface area contributed by atoms with E-state index in [4.69, 9.17) is 5.73 Å². The van der Waals surface area contributed by atoms with Crippen molar-refractivity contribution in [3.63, 3.8) is 0 Å². The fourth-order valence-corrected chi connectivity index (χ4v) is 2.07. The third-order valence-corrected chi connectivity index (χ3v) is 3.21. The maximum Gasteiger partial charge on any atom is 0.222 e. The quantitative estimate of drug-likeness (QED) is 0.691. The summed E-state index contributed by atoms with van der Waals surface area (Å²) in [6.45, 7) is 2.84. The number of aromatic nitrogens is 2. The van der Waals surface area contributed by atoms with Gasteiger partial charge in [0.2, 0.25) is 5.95 Å². The van der Waals surface area contributed by atoms with Gasteiger partial charge in [0.1, 0.15) is 5.82 Å². The highest BCUT2D eigenvalue weighted by Gasteiger charge is 2.22. The molecule has 0 radical (unpaired) electrons. The van der Waals surface area contributed by atoms with Crippen LogP contribution in [0.25, 0.3) is 0 Å². The van der Waals surface area contributed by atoms with E-state index in [2.05, 4.69) is 20.6 Å². The second-order valence-electron chi connectivity index (χ2n) is 4.61. The van der Waals surface area contributed by atoms with Crippen molar-refractivity contribution in [2.24, 2.45) is 5.92 Å². The van der Waals surface area contributed by atoms with Gasteiger partial charge in [-0.25, -0.2) is 4.98 Å². The standard InChI is InChI=1S/C11H17N5/c12-11-15-9-3-4-13-6-8(9)10(16-11)14-5-7-1-2-7/h7,13H,1-6H2,(H3,12,14,15,16). The minimum absolute atomic E-state index is 0.388. The third kappa shape index (κ3) is 1.95. The van der Waals surface area contributed by atoms with E-state index in [1.807, 2.05) is 0 Å². The van der Waals surface area contributed by atoms with Crippen LogP contribution in [0, 0.1) is 5.92 Å². The number of fused-ring (bicyclic) bond motifs is 1. The Kier molecular flexibility index (Phi) is 2.40. The Morgan fingerprint density at radius 3 is 3.06 bits per heavy atom. The highest BCUT2D eigenvalue weighted by Crippen LogP contribution is 2.29. The molecule has 0 spiro atoms. The minimum Gasteiger partial charge on any atom is -0.369 e. The SMILES string of the molecule is Nc1nc2c(c(NCC3CC3)n1)CNCC2. The van der Waals surface area contributed by atoms with E-state index in [1.54, 1.807) is 0 Å². The summed E-state index contributed by atoms with van der Waals surface area (Å²) >= 11 is 0. The lowest BCUT2D eigenvalue weighted by Crippen LogP contribution is -2.27. The van der Waals surface area contributed by atoms with Gasteiger partial charge in [0.15, 0.2) is 0 Å². The van der Waals surface area contributed by atoms with Gasteiger partial charge in [-0.15, -0.1) is 0 Å². The molecular weight excluding hydrogens is 202 g/mol. The van der Waals surface area contributed by atoms with Crippen LogP contribution < -0.4 is 16.4 Å². The van der Waals surface area contributed by atoms with E-state index < -0.39 is 0 Å². The fourth-order valence-electron chi connectivity index (χ4n) is 2.07. The maximum atomic E-state index is 5.72. The van der Waals surface area contributed by atoms with Gasteiger partial charge in [-0.2, -0.15) is 4.98 Å². The van der Waals surface area contributed by atoms with Crippen LogP contribution in [-0.2, 0) is 13.0 Å². The molecule has 0 atom stereocenters. The molecule has 1 aliphatic heterocycles. The summed E-state index contributed by atoms with van der Waals surface area (Å²) in [5, 5.41) is 6.75. The molecule has 5 nitrogen and oxygen atoms in total. The Bertz CT molecular complexity index is 400. The van der Waals surface area contributed by atoms with E-state index in [9.17, 15) is 0 Å². The molecule has 0 amide bonds. The van der Waals surface area contributed by atoms with Crippen molar-refractivity contribution in [2.45, 2.75) is 25.8 Å². The Labute approximate surface area is 94.9 Å². The molecule has 1 aromatic heterocycles. The molecule has 1 aromatic rings. The molecule has 86 valence electrons. The van der Waals surface area contributed by atoms with Crippen molar-refractivity contribution in [1.29, 1.82) is 0 Å². The van der Waals surface area contributed by atoms with Gasteiger partial charge in [-0.3, -0.25) is 0 Å². The van der Waals surface area contributed by atoms with Crippen LogP contribution in [0.5, 0.6) is 0 Å². The number of nitrogens with zero attached hydrogens (tertiary/aromatic N) is 2. The van der Waals surface area contributed by atoms with E-state index in [-0.39, 0.29) is 0 Å². The summed E-state index contributed by atoms with van der Waals surface area (Å²) in [6.07, 6.45) is 3.63. The van der Waals surface area contributed by atoms with Crippen LogP contribution in [0.15, 0.2) is 0 Å². The van der Waals surface area contributed by atoms with Gasteiger partial charge in [0.25, 0.3) is 0 Å². The Morgan fingerprint density at radius 1 is 1.38 bits per heavy atom. The third-order valence-electron chi connectivity index (χ3n) is 3.21. The second kappa shape index (κ2) is 3.90. The lowest BCUT2D eigenvalue weighted by molar-refractivity contribution is 0.628. The highest BCUT2D eigenvalue weighted by atomic mass is 15.1. The zero-order valence-corrected chi connectivity index (χ0v) is 9.29. The number of hydrogen-bond acceptors (Lipinski definition) is 5. The van der Waals surface area contributed by atoms with Gasteiger partial charge in [0.05, 0.1) is 5.69 Å². The predicted octanol–water partition coefficient (Wildman–Crippen LogP) is 0.526. The molecule has 16 heavy (non-hydrogen) atoms. The number of rotatable bonds is 3. The first-order valence-electron chi connectivity index (χ1n) is 5.93. The number of nitrogens with two attached hydrogens (primary N) is 1. The molecule has 2 aliphatic rings. The van der Waals surface area contributed by atoms with Gasteiger partial charge < -0.3 is 16.4 Å². The van der Waals surface area contributed by atoms with E-state index in [1.165, 1.54) is 18.4 Å². The molecular formula is C11H17N5. The topological polar surface area (TPSA) is 75.9 Å². The average molecular weight is 219 g/mol. The molecule has 5 heteroatoms. The van der Waals surface area contributed by atoms with Crippen molar-refractivity contribution in [3.05, 3.63) is 11.3 Å². The Morgan fingerprint density at radius 2 is 2.25 bits per heavy atom. The maximum absolute atomic E-state index is 5.72. The van der Waals surface area contributed by atoms with E-state index in [0.717, 1.165) is 43.5 Å². The summed E-state index contributed by atoms with van der Waals surface area (Å²) in [5.41, 5.74) is 8.02. The number of nitrogens with one attached hydrogen (secondary N) is 2. The van der Waals surface area contributed by atoms with Crippen molar-refractivity contribution in [1.82, 2.24) is 15.3 Å². The van der Waals surface area contributed by atoms with Crippen LogP contribution in [0.1, 0.15) is 24.1 Å². The molecule has 3 rings (SSSR count). The van der Waals surface area contributed by atoms with Crippen molar-refractivity contribution >= 4 is 11.8 Å². The molecule has 0 saturated heterocycles. The van der Waals surface area contributed by atoms with Gasteiger partial charge in [-0.1, -0.05) is 0 Å². The van der Waals surface area contributed by atoms with Gasteiger partial charge in [-0.05, 0) is 18.8 Å². The predicted molar refractivity (Wildman–Crippen MR) is 63.1 cm³/mol. The number of anilines is 2. The van der Waals surface area contributed by atoms with E-state index >= 15 is 0 Å². The molecule has 1 aliphatic carbocycles. The molecule has 1 fully saturated rings. The Hall–Kier alpha value is -1.36. The summed E-state index contributed by atoms with van der Waals surface area (Å²) < 4.78 is 0. The summed E-state index contributed by atoms with van der Waals surface area (Å²) in [4.78, 5) is 8.61. The molecule has 0 unspecified atom stereocenters. The lowest BCUT2D eigenvalue weighted by Gasteiger charge is -2.19. The summed E-state index contributed by atoms with van der Waals surface area (Å²) in [7, 11) is 0. The Balaban J connectivity index is 1.85. The van der Waals surface area contributed by atoms with Crippen molar-refractivity contribution in [3.8, 4) is 0 Å². The highest BCUT2D eigenvalue weighted by molar-refractivity contribution is 5.50. The van der Waals surface area contributed by atoms with Crippen LogP contribution in [0.4, 0.5) is 11.8 Å². The van der Waals surface area contributed by atoms with Crippen LogP contribution in [0.2, 0.25) is 0 Å². The summed E-state index contributed by atoms with van der Waals surface area (Å²) in [5.74, 6) is 2.16. The normalized spacial score (nSPS) is 19.2. The summed E-state index contributed by atoms with van der Waals surface area (Å²) in [6, 6.07) is 0. The van der Waals surface area contributed by atoms with Crippen LogP contribution in [0.3, 0.4) is 0 Å². The first-order valence-corrected chi connectivity index (χ1v) is 5.93. The molecule has 4 N–H and O–H groups in total. The van der Waals surface area contributed by atoms with Crippen LogP contribution >= 0.6 is 0 Å². The van der Waals surface area contributed by atoms with Gasteiger partial charge in [0, 0.05) is 31.6 Å². The molecule has 0 bridgehead atoms. The minimum atomic E-state index is 0.388. The van der Waals surface area contributed by atoms with Crippen molar-refractivity contribution < 1.29 is 0 Å².